The van der Waals surface area contributed by atoms with Crippen LogP contribution in [0, 0.1) is 12.7 Å². The van der Waals surface area contributed by atoms with Crippen LogP contribution in [0.4, 0.5) is 20.7 Å². The summed E-state index contributed by atoms with van der Waals surface area (Å²) in [6.07, 6.45) is 4.45. The number of aromatic nitrogens is 1. The molecule has 0 bridgehead atoms. The van der Waals surface area contributed by atoms with Gasteiger partial charge in [-0.2, -0.15) is 0 Å². The Hall–Kier alpha value is -3.49. The maximum Gasteiger partial charge on any atom is 0.331 e. The molecule has 2 aromatic rings. The number of amides is 4. The third kappa shape index (κ3) is 4.10. The van der Waals surface area contributed by atoms with Crippen molar-refractivity contribution in [2.75, 3.05) is 49.1 Å². The van der Waals surface area contributed by atoms with E-state index >= 15 is 0 Å². The average Bonchev–Trinajstić information content (AvgIpc) is 3.60. The number of hydrogen-bond donors (Lipinski definition) is 0. The van der Waals surface area contributed by atoms with E-state index in [4.69, 9.17) is 0 Å². The number of halogens is 1. The Bertz CT molecular complexity index is 1160. The molecule has 1 aliphatic carbocycles. The molecule has 3 aliphatic rings. The molecule has 1 aromatic carbocycles. The summed E-state index contributed by atoms with van der Waals surface area (Å²) in [4.78, 5) is 47.9. The second-order valence-electron chi connectivity index (χ2n) is 9.23. The molecule has 34 heavy (non-hydrogen) atoms. The third-order valence-corrected chi connectivity index (χ3v) is 6.87. The highest BCUT2D eigenvalue weighted by Gasteiger charge is 2.33. The molecule has 8 nitrogen and oxygen atoms in total. The molecule has 9 heteroatoms. The van der Waals surface area contributed by atoms with Crippen LogP contribution in [0.1, 0.15) is 47.2 Å². The normalized spacial score (nSPS) is 18.6. The number of pyridine rings is 1. The highest BCUT2D eigenvalue weighted by atomic mass is 19.1. The maximum absolute atomic E-state index is 14.9. The molecular formula is C25H28FN5O3. The number of aryl methyl sites for hydroxylation is 1. The fraction of sp³-hybridized carbons (Fsp3) is 0.440. The number of rotatable bonds is 4. The molecule has 1 saturated carbocycles. The molecule has 0 unspecified atom stereocenters. The van der Waals surface area contributed by atoms with Gasteiger partial charge >= 0.3 is 6.03 Å². The molecule has 3 heterocycles. The summed E-state index contributed by atoms with van der Waals surface area (Å²) in [5.74, 6) is 0.223. The van der Waals surface area contributed by atoms with E-state index in [-0.39, 0.29) is 23.9 Å². The Morgan fingerprint density at radius 1 is 1.03 bits per heavy atom. The van der Waals surface area contributed by atoms with Crippen molar-refractivity contribution in [2.45, 2.75) is 32.6 Å². The van der Waals surface area contributed by atoms with Crippen molar-refractivity contribution in [3.8, 4) is 0 Å². The van der Waals surface area contributed by atoms with Gasteiger partial charge in [0.2, 0.25) is 5.91 Å². The maximum atomic E-state index is 14.9. The lowest BCUT2D eigenvalue weighted by Crippen LogP contribution is -2.49. The zero-order valence-electron chi connectivity index (χ0n) is 19.5. The summed E-state index contributed by atoms with van der Waals surface area (Å²) in [5.41, 5.74) is 2.77. The Balaban J connectivity index is 1.23. The van der Waals surface area contributed by atoms with Gasteiger partial charge in [-0.1, -0.05) is 6.07 Å². The Labute approximate surface area is 197 Å². The van der Waals surface area contributed by atoms with Crippen LogP contribution in [0.5, 0.6) is 0 Å². The molecule has 1 aromatic heterocycles. The molecule has 2 aliphatic heterocycles. The first-order valence-corrected chi connectivity index (χ1v) is 11.7. The van der Waals surface area contributed by atoms with Gasteiger partial charge in [-0.15, -0.1) is 0 Å². The fourth-order valence-corrected chi connectivity index (χ4v) is 4.77. The van der Waals surface area contributed by atoms with E-state index in [2.05, 4.69) is 22.9 Å². The van der Waals surface area contributed by atoms with Gasteiger partial charge in [-0.25, -0.2) is 14.2 Å². The predicted octanol–water partition coefficient (Wildman–Crippen LogP) is 3.16. The fourth-order valence-electron chi connectivity index (χ4n) is 4.77. The first-order valence-electron chi connectivity index (χ1n) is 11.7. The molecule has 5 rings (SSSR count). The van der Waals surface area contributed by atoms with Gasteiger partial charge in [-0.3, -0.25) is 19.4 Å². The quantitative estimate of drug-likeness (QED) is 0.693. The van der Waals surface area contributed by atoms with Crippen LogP contribution in [0.3, 0.4) is 0 Å². The number of urea groups is 1. The third-order valence-electron chi connectivity index (χ3n) is 6.87. The summed E-state index contributed by atoms with van der Waals surface area (Å²) in [5, 5.41) is 0. The van der Waals surface area contributed by atoms with Crippen LogP contribution in [-0.4, -0.2) is 71.9 Å². The molecule has 2 saturated heterocycles. The lowest BCUT2D eigenvalue weighted by molar-refractivity contribution is -0.125. The van der Waals surface area contributed by atoms with Crippen molar-refractivity contribution in [2.24, 2.45) is 0 Å². The lowest BCUT2D eigenvalue weighted by atomic mass is 10.1. The smallest absolute Gasteiger partial charge is 0.331 e. The first-order chi connectivity index (χ1) is 16.3. The zero-order valence-corrected chi connectivity index (χ0v) is 19.5. The van der Waals surface area contributed by atoms with Crippen molar-refractivity contribution < 1.29 is 18.8 Å². The second-order valence-corrected chi connectivity index (χ2v) is 9.23. The van der Waals surface area contributed by atoms with Gasteiger partial charge in [0.15, 0.2) is 0 Å². The number of imide groups is 1. The summed E-state index contributed by atoms with van der Waals surface area (Å²) < 4.78 is 14.9. The summed E-state index contributed by atoms with van der Waals surface area (Å²) >= 11 is 0. The molecule has 0 atom stereocenters. The van der Waals surface area contributed by atoms with E-state index < -0.39 is 11.8 Å². The lowest BCUT2D eigenvalue weighted by Gasteiger charge is -2.36. The van der Waals surface area contributed by atoms with Crippen LogP contribution in [-0.2, 0) is 4.79 Å². The van der Waals surface area contributed by atoms with Crippen LogP contribution < -0.4 is 9.80 Å². The van der Waals surface area contributed by atoms with Crippen molar-refractivity contribution in [3.63, 3.8) is 0 Å². The minimum atomic E-state index is -0.674. The summed E-state index contributed by atoms with van der Waals surface area (Å²) in [6, 6.07) is 5.92. The summed E-state index contributed by atoms with van der Waals surface area (Å²) in [7, 11) is 0. The number of piperazine rings is 1. The predicted molar refractivity (Wildman–Crippen MR) is 126 cm³/mol. The molecule has 0 spiro atoms. The largest absolute Gasteiger partial charge is 0.353 e. The van der Waals surface area contributed by atoms with Gasteiger partial charge in [0.25, 0.3) is 5.91 Å². The van der Waals surface area contributed by atoms with Gasteiger partial charge < -0.3 is 9.80 Å². The number of nitrogens with zero attached hydrogens (tertiary/aromatic N) is 5. The van der Waals surface area contributed by atoms with Crippen LogP contribution in [0.2, 0.25) is 0 Å². The minimum Gasteiger partial charge on any atom is -0.353 e. The van der Waals surface area contributed by atoms with Gasteiger partial charge in [0, 0.05) is 58.1 Å². The van der Waals surface area contributed by atoms with Crippen molar-refractivity contribution in [1.29, 1.82) is 0 Å². The topological polar surface area (TPSA) is 77.1 Å². The van der Waals surface area contributed by atoms with Crippen molar-refractivity contribution in [1.82, 2.24) is 14.8 Å². The van der Waals surface area contributed by atoms with Crippen molar-refractivity contribution in [3.05, 3.63) is 53.0 Å². The Morgan fingerprint density at radius 3 is 2.35 bits per heavy atom. The molecule has 3 fully saturated rings. The number of anilines is 2. The molecule has 0 N–H and O–H groups in total. The SMILES string of the molecule is CC(=O)N1CCN(c2ccc(C(=O)N3CCN(c4ncc(C5CC5)cc4C)CC3)c(F)c2)C1=O. The van der Waals surface area contributed by atoms with Gasteiger partial charge in [-0.05, 0) is 55.0 Å². The molecule has 4 amide bonds. The van der Waals surface area contributed by atoms with E-state index in [0.717, 1.165) is 16.3 Å². The van der Waals surface area contributed by atoms with E-state index in [0.29, 0.717) is 44.3 Å². The number of hydrogen-bond acceptors (Lipinski definition) is 5. The number of benzene rings is 1. The van der Waals surface area contributed by atoms with Gasteiger partial charge in [0.05, 0.1) is 5.56 Å². The van der Waals surface area contributed by atoms with E-state index in [1.807, 2.05) is 6.20 Å². The second kappa shape index (κ2) is 8.70. The van der Waals surface area contributed by atoms with E-state index in [1.165, 1.54) is 42.4 Å². The highest BCUT2D eigenvalue weighted by Crippen LogP contribution is 2.40. The minimum absolute atomic E-state index is 0.0182. The van der Waals surface area contributed by atoms with Crippen LogP contribution in [0.25, 0.3) is 0 Å². The Kier molecular flexibility index (Phi) is 5.71. The van der Waals surface area contributed by atoms with E-state index in [9.17, 15) is 18.8 Å². The number of carbonyl (C=O) groups is 3. The van der Waals surface area contributed by atoms with E-state index in [1.54, 1.807) is 11.0 Å². The van der Waals surface area contributed by atoms with Gasteiger partial charge in [0.1, 0.15) is 11.6 Å². The molecule has 0 radical (unpaired) electrons. The van der Waals surface area contributed by atoms with Crippen molar-refractivity contribution >= 4 is 29.4 Å². The first kappa shape index (κ1) is 22.3. The van der Waals surface area contributed by atoms with Crippen LogP contribution in [0.15, 0.2) is 30.5 Å². The number of carbonyl (C=O) groups excluding carboxylic acids is 3. The standard InChI is InChI=1S/C25H28FN5O3/c1-16-13-19(18-3-4-18)15-27-23(16)28-7-9-29(10-8-28)24(33)21-6-5-20(14-22(21)26)31-12-11-30(17(2)32)25(31)34/h5-6,13-15,18H,3-4,7-12H2,1-2H3. The van der Waals surface area contributed by atoms with Crippen LogP contribution >= 0.6 is 0 Å². The highest BCUT2D eigenvalue weighted by molar-refractivity contribution is 6.04. The Morgan fingerprint density at radius 2 is 1.76 bits per heavy atom. The summed E-state index contributed by atoms with van der Waals surface area (Å²) in [6.45, 7) is 6.16. The zero-order chi connectivity index (χ0) is 24.0. The molecular weight excluding hydrogens is 437 g/mol. The molecule has 178 valence electrons. The monoisotopic (exact) mass is 465 g/mol. The average molecular weight is 466 g/mol.